The van der Waals surface area contributed by atoms with Gasteiger partial charge in [-0.3, -0.25) is 9.59 Å². The van der Waals surface area contributed by atoms with Crippen molar-refractivity contribution in [1.29, 1.82) is 0 Å². The highest BCUT2D eigenvalue weighted by molar-refractivity contribution is 5.76. The molecule has 0 bridgehead atoms. The minimum atomic E-state index is -0.659. The van der Waals surface area contributed by atoms with Crippen molar-refractivity contribution in [3.63, 3.8) is 0 Å². The summed E-state index contributed by atoms with van der Waals surface area (Å²) in [5, 5.41) is 23.2. The summed E-state index contributed by atoms with van der Waals surface area (Å²) in [6.07, 6.45) is 74.3. The summed E-state index contributed by atoms with van der Waals surface area (Å²) in [4.78, 5) is 24.5. The predicted molar refractivity (Wildman–Crippen MR) is 315 cm³/mol. The molecule has 0 aromatic heterocycles. The lowest BCUT2D eigenvalue weighted by atomic mass is 10.0. The van der Waals surface area contributed by atoms with Crippen molar-refractivity contribution in [2.45, 2.75) is 398 Å². The number of nitrogens with one attached hydrogen (secondary N) is 1. The Balaban J connectivity index is 3.29. The smallest absolute Gasteiger partial charge is 0.305 e. The van der Waals surface area contributed by atoms with E-state index in [1.807, 2.05) is 0 Å². The zero-order chi connectivity index (χ0) is 52.2. The van der Waals surface area contributed by atoms with Gasteiger partial charge in [0.2, 0.25) is 5.91 Å². The maximum Gasteiger partial charge on any atom is 0.305 e. The number of unbranched alkanes of at least 4 members (excludes halogenated alkanes) is 52. The summed E-state index contributed by atoms with van der Waals surface area (Å²) in [6, 6.07) is -0.536. The third-order valence-electron chi connectivity index (χ3n) is 15.9. The van der Waals surface area contributed by atoms with Crippen LogP contribution in [-0.2, 0) is 14.3 Å². The van der Waals surface area contributed by atoms with Crippen LogP contribution in [0.2, 0.25) is 0 Å². The highest BCUT2D eigenvalue weighted by Gasteiger charge is 2.20. The molecule has 0 aromatic carbocycles. The van der Waals surface area contributed by atoms with Crippen LogP contribution in [0, 0.1) is 0 Å². The Kier molecular flexibility index (Phi) is 61.4. The van der Waals surface area contributed by atoms with E-state index in [-0.39, 0.29) is 18.5 Å². The Morgan fingerprint density at radius 3 is 0.847 bits per heavy atom. The van der Waals surface area contributed by atoms with Gasteiger partial charge in [0, 0.05) is 12.8 Å². The van der Waals surface area contributed by atoms with Crippen molar-refractivity contribution in [1.82, 2.24) is 5.32 Å². The fourth-order valence-corrected chi connectivity index (χ4v) is 10.8. The molecule has 6 heteroatoms. The minimum absolute atomic E-state index is 0.0232. The maximum atomic E-state index is 12.5. The summed E-state index contributed by atoms with van der Waals surface area (Å²) in [7, 11) is 0. The first-order chi connectivity index (χ1) is 35.5. The first kappa shape index (κ1) is 70.9. The van der Waals surface area contributed by atoms with E-state index in [0.717, 1.165) is 38.5 Å². The van der Waals surface area contributed by atoms with Gasteiger partial charge in [0.15, 0.2) is 0 Å². The van der Waals surface area contributed by atoms with Crippen LogP contribution in [0.4, 0.5) is 0 Å². The van der Waals surface area contributed by atoms with Crippen molar-refractivity contribution in [2.75, 3.05) is 13.2 Å². The monoisotopic (exact) mass is 1020 g/mol. The van der Waals surface area contributed by atoms with E-state index in [4.69, 9.17) is 4.74 Å². The Morgan fingerprint density at radius 1 is 0.333 bits per heavy atom. The molecule has 0 fully saturated rings. The van der Waals surface area contributed by atoms with Gasteiger partial charge in [-0.2, -0.15) is 0 Å². The number of aliphatic hydroxyl groups is 2. The number of ether oxygens (including phenoxy) is 1. The molecule has 1 amide bonds. The van der Waals surface area contributed by atoms with Gasteiger partial charge in [-0.25, -0.2) is 0 Å². The molecule has 430 valence electrons. The lowest BCUT2D eigenvalue weighted by Crippen LogP contribution is -2.45. The van der Waals surface area contributed by atoms with Crippen LogP contribution >= 0.6 is 0 Å². The van der Waals surface area contributed by atoms with E-state index in [9.17, 15) is 19.8 Å². The van der Waals surface area contributed by atoms with Gasteiger partial charge in [0.05, 0.1) is 25.4 Å². The van der Waals surface area contributed by atoms with Gasteiger partial charge < -0.3 is 20.3 Å². The maximum absolute atomic E-state index is 12.5. The second-order valence-electron chi connectivity index (χ2n) is 23.2. The van der Waals surface area contributed by atoms with Gasteiger partial charge in [-0.15, -0.1) is 0 Å². The fourth-order valence-electron chi connectivity index (χ4n) is 10.8. The van der Waals surface area contributed by atoms with Crippen LogP contribution in [0.5, 0.6) is 0 Å². The Morgan fingerprint density at radius 2 is 0.569 bits per heavy atom. The highest BCUT2D eigenvalue weighted by atomic mass is 16.5. The second kappa shape index (κ2) is 62.4. The molecule has 2 unspecified atom stereocenters. The second-order valence-corrected chi connectivity index (χ2v) is 23.2. The van der Waals surface area contributed by atoms with Gasteiger partial charge in [0.25, 0.3) is 0 Å². The van der Waals surface area contributed by atoms with E-state index in [1.54, 1.807) is 0 Å². The number of carbonyl (C=O) groups excluding carboxylic acids is 2. The average molecular weight is 1020 g/mol. The molecule has 2 atom stereocenters. The van der Waals surface area contributed by atoms with Crippen LogP contribution < -0.4 is 5.32 Å². The van der Waals surface area contributed by atoms with Crippen LogP contribution in [0.1, 0.15) is 386 Å². The number of rotatable bonds is 63. The molecule has 0 aliphatic rings. The molecule has 0 aliphatic carbocycles. The van der Waals surface area contributed by atoms with E-state index in [1.165, 1.54) is 315 Å². The van der Waals surface area contributed by atoms with E-state index in [0.29, 0.717) is 25.9 Å². The van der Waals surface area contributed by atoms with Crippen molar-refractivity contribution in [3.8, 4) is 0 Å². The van der Waals surface area contributed by atoms with Crippen LogP contribution in [0.3, 0.4) is 0 Å². The Bertz CT molecular complexity index is 1040. The third-order valence-corrected chi connectivity index (χ3v) is 15.9. The Labute approximate surface area is 451 Å². The molecule has 0 rings (SSSR count). The topological polar surface area (TPSA) is 95.9 Å². The van der Waals surface area contributed by atoms with Gasteiger partial charge >= 0.3 is 5.97 Å². The molecule has 0 heterocycles. The SMILES string of the molecule is CCCCCCCCCCCCCCCCCCC(=O)OCCCCCCCCCCCCCCCCCCCCCCCCCCCCCCC(=O)NC(CO)C(O)CCCCCCCCCCCCC. The van der Waals surface area contributed by atoms with Crippen LogP contribution in [0.15, 0.2) is 0 Å². The lowest BCUT2D eigenvalue weighted by molar-refractivity contribution is -0.143. The summed E-state index contributed by atoms with van der Waals surface area (Å²) in [6.45, 7) is 4.98. The number of aliphatic hydroxyl groups excluding tert-OH is 2. The summed E-state index contributed by atoms with van der Waals surface area (Å²) in [5.74, 6) is -0.00717. The number of hydrogen-bond acceptors (Lipinski definition) is 5. The molecule has 0 saturated heterocycles. The lowest BCUT2D eigenvalue weighted by Gasteiger charge is -2.22. The van der Waals surface area contributed by atoms with Crippen LogP contribution in [0.25, 0.3) is 0 Å². The predicted octanol–water partition coefficient (Wildman–Crippen LogP) is 21.0. The van der Waals surface area contributed by atoms with Crippen LogP contribution in [-0.4, -0.2) is 47.4 Å². The quantitative estimate of drug-likeness (QED) is 0.0417. The first-order valence-electron chi connectivity index (χ1n) is 33.3. The number of esters is 1. The van der Waals surface area contributed by atoms with Crippen molar-refractivity contribution in [2.24, 2.45) is 0 Å². The molecule has 0 aromatic rings. The molecule has 0 saturated carbocycles. The largest absolute Gasteiger partial charge is 0.466 e. The molecule has 6 nitrogen and oxygen atoms in total. The van der Waals surface area contributed by atoms with Gasteiger partial charge in [-0.1, -0.05) is 348 Å². The molecule has 0 radical (unpaired) electrons. The minimum Gasteiger partial charge on any atom is -0.466 e. The zero-order valence-corrected chi connectivity index (χ0v) is 49.2. The summed E-state index contributed by atoms with van der Waals surface area (Å²) >= 11 is 0. The summed E-state index contributed by atoms with van der Waals surface area (Å²) < 4.78 is 5.50. The number of carbonyl (C=O) groups is 2. The van der Waals surface area contributed by atoms with E-state index in [2.05, 4.69) is 19.2 Å². The summed E-state index contributed by atoms with van der Waals surface area (Å²) in [5.41, 5.74) is 0. The van der Waals surface area contributed by atoms with Crippen molar-refractivity contribution >= 4 is 11.9 Å². The number of amides is 1. The standard InChI is InChI=1S/C66H131NO5/c1-3-5-7-9-11-13-15-16-17-33-36-40-44-48-52-56-60-66(71)72-61-57-53-49-45-41-37-34-31-29-27-25-23-21-19-18-20-22-24-26-28-30-32-35-39-43-47-51-55-59-65(70)67-63(62-68)64(69)58-54-50-46-42-38-14-12-10-8-6-4-2/h63-64,68-69H,3-62H2,1-2H3,(H,67,70). The highest BCUT2D eigenvalue weighted by Crippen LogP contribution is 2.19. The third kappa shape index (κ3) is 58.1. The van der Waals surface area contributed by atoms with Crippen molar-refractivity contribution in [3.05, 3.63) is 0 Å². The molecular formula is C66H131NO5. The van der Waals surface area contributed by atoms with Crippen molar-refractivity contribution < 1.29 is 24.5 Å². The molecule has 0 spiro atoms. The van der Waals surface area contributed by atoms with E-state index < -0.39 is 12.1 Å². The molecule has 3 N–H and O–H groups in total. The van der Waals surface area contributed by atoms with E-state index >= 15 is 0 Å². The normalized spacial score (nSPS) is 12.4. The molecule has 72 heavy (non-hydrogen) atoms. The zero-order valence-electron chi connectivity index (χ0n) is 49.2. The Hall–Kier alpha value is -1.14. The number of hydrogen-bond donors (Lipinski definition) is 3. The fraction of sp³-hybridized carbons (Fsp3) is 0.970. The molecular weight excluding hydrogens is 887 g/mol. The van der Waals surface area contributed by atoms with Gasteiger partial charge in [0.1, 0.15) is 0 Å². The first-order valence-corrected chi connectivity index (χ1v) is 33.3. The average Bonchev–Trinajstić information content (AvgIpc) is 3.38. The van der Waals surface area contributed by atoms with Gasteiger partial charge in [-0.05, 0) is 25.7 Å². The molecule has 0 aliphatic heterocycles.